The van der Waals surface area contributed by atoms with Crippen LogP contribution in [0.15, 0.2) is 42.5 Å². The lowest BCUT2D eigenvalue weighted by Gasteiger charge is -2.19. The van der Waals surface area contributed by atoms with Crippen LogP contribution in [0.5, 0.6) is 0 Å². The predicted molar refractivity (Wildman–Crippen MR) is 124 cm³/mol. The van der Waals surface area contributed by atoms with E-state index in [1.54, 1.807) is 0 Å². The van der Waals surface area contributed by atoms with Gasteiger partial charge in [0.15, 0.2) is 0 Å². The van der Waals surface area contributed by atoms with Crippen molar-refractivity contribution in [2.75, 3.05) is 6.61 Å². The van der Waals surface area contributed by atoms with Gasteiger partial charge in [-0.15, -0.1) is 0 Å². The lowest BCUT2D eigenvalue weighted by atomic mass is 9.86. The summed E-state index contributed by atoms with van der Waals surface area (Å²) >= 11 is 0. The third-order valence-corrected chi connectivity index (χ3v) is 6.56. The molecule has 1 aromatic heterocycles. The summed E-state index contributed by atoms with van der Waals surface area (Å²) in [5.41, 5.74) is 6.56. The molecule has 4 rings (SSSR count). The Balaban J connectivity index is 1.92. The summed E-state index contributed by atoms with van der Waals surface area (Å²) in [5.74, 6) is 0.380. The van der Waals surface area contributed by atoms with Crippen LogP contribution in [0.3, 0.4) is 0 Å². The Morgan fingerprint density at radius 3 is 2.33 bits per heavy atom. The normalized spacial score (nSPS) is 15.1. The first-order valence-corrected chi connectivity index (χ1v) is 11.2. The highest BCUT2D eigenvalue weighted by Gasteiger charge is 2.25. The molecule has 2 aromatic carbocycles. The highest BCUT2D eigenvalue weighted by Crippen LogP contribution is 2.40. The zero-order chi connectivity index (χ0) is 21.5. The number of hydrogen-bond acceptors (Lipinski definition) is 2. The number of hydrogen-bond donors (Lipinski definition) is 0. The SMILES string of the molecule is CCOC(=O)c1c(-c2ccc(C(C)(C)C)cc2)c2cc(C3CCCC3)ccc2n1C. The number of carbonyl (C=O) groups is 1. The average molecular weight is 404 g/mol. The lowest BCUT2D eigenvalue weighted by Crippen LogP contribution is -2.12. The Morgan fingerprint density at radius 1 is 1.07 bits per heavy atom. The molecule has 0 saturated heterocycles. The van der Waals surface area contributed by atoms with Crippen LogP contribution in [0, 0.1) is 0 Å². The van der Waals surface area contributed by atoms with Crippen molar-refractivity contribution >= 4 is 16.9 Å². The Kier molecular flexibility index (Phi) is 5.48. The van der Waals surface area contributed by atoms with Gasteiger partial charge in [-0.05, 0) is 59.9 Å². The molecule has 3 nitrogen and oxygen atoms in total. The van der Waals surface area contributed by atoms with Crippen LogP contribution < -0.4 is 0 Å². The first kappa shape index (κ1) is 20.7. The van der Waals surface area contributed by atoms with E-state index in [4.69, 9.17) is 4.74 Å². The van der Waals surface area contributed by atoms with Gasteiger partial charge in [0, 0.05) is 23.5 Å². The first-order chi connectivity index (χ1) is 14.3. The van der Waals surface area contributed by atoms with Gasteiger partial charge in [-0.1, -0.05) is 63.9 Å². The second-order valence-electron chi connectivity index (χ2n) is 9.59. The molecule has 0 N–H and O–H groups in total. The Labute approximate surface area is 180 Å². The minimum absolute atomic E-state index is 0.0941. The molecule has 1 aliphatic carbocycles. The number of aryl methyl sites for hydroxylation is 1. The molecule has 1 fully saturated rings. The maximum atomic E-state index is 13.0. The molecule has 1 saturated carbocycles. The fourth-order valence-electron chi connectivity index (χ4n) is 4.84. The molecule has 3 aromatic rings. The van der Waals surface area contributed by atoms with Gasteiger partial charge in [0.05, 0.1) is 6.61 Å². The molecule has 0 bridgehead atoms. The van der Waals surface area contributed by atoms with Crippen LogP contribution in [0.25, 0.3) is 22.0 Å². The van der Waals surface area contributed by atoms with E-state index in [2.05, 4.69) is 63.2 Å². The molecule has 0 spiro atoms. The van der Waals surface area contributed by atoms with E-state index in [-0.39, 0.29) is 11.4 Å². The molecular weight excluding hydrogens is 370 g/mol. The van der Waals surface area contributed by atoms with Gasteiger partial charge in [-0.2, -0.15) is 0 Å². The monoisotopic (exact) mass is 403 g/mol. The fraction of sp³-hybridized carbons (Fsp3) is 0.444. The molecule has 0 atom stereocenters. The van der Waals surface area contributed by atoms with Crippen molar-refractivity contribution in [2.45, 2.75) is 64.7 Å². The number of aromatic nitrogens is 1. The van der Waals surface area contributed by atoms with E-state index in [9.17, 15) is 4.79 Å². The van der Waals surface area contributed by atoms with E-state index in [1.165, 1.54) is 36.8 Å². The second-order valence-corrected chi connectivity index (χ2v) is 9.59. The van der Waals surface area contributed by atoms with Crippen molar-refractivity contribution in [3.8, 4) is 11.1 Å². The summed E-state index contributed by atoms with van der Waals surface area (Å²) in [5, 5.41) is 1.15. The van der Waals surface area contributed by atoms with Crippen molar-refractivity contribution in [3.05, 3.63) is 59.3 Å². The number of rotatable bonds is 4. The predicted octanol–water partition coefficient (Wildman–Crippen LogP) is 6.98. The van der Waals surface area contributed by atoms with Crippen molar-refractivity contribution in [1.29, 1.82) is 0 Å². The Bertz CT molecular complexity index is 1060. The number of fused-ring (bicyclic) bond motifs is 1. The Morgan fingerprint density at radius 2 is 1.73 bits per heavy atom. The molecule has 0 unspecified atom stereocenters. The van der Waals surface area contributed by atoms with Crippen LogP contribution in [-0.2, 0) is 17.2 Å². The quantitative estimate of drug-likeness (QED) is 0.440. The molecular formula is C27H33NO2. The van der Waals surface area contributed by atoms with Crippen molar-refractivity contribution < 1.29 is 9.53 Å². The standard InChI is InChI=1S/C27H33NO2/c1-6-30-26(29)25-24(19-11-14-21(15-12-19)27(2,3)4)22-17-20(18-9-7-8-10-18)13-16-23(22)28(25)5/h11-18H,6-10H2,1-5H3. The van der Waals surface area contributed by atoms with Crippen molar-refractivity contribution in [3.63, 3.8) is 0 Å². The molecule has 0 radical (unpaired) electrons. The molecule has 1 heterocycles. The third-order valence-electron chi connectivity index (χ3n) is 6.56. The molecule has 0 aliphatic heterocycles. The average Bonchev–Trinajstić information content (AvgIpc) is 3.34. The minimum Gasteiger partial charge on any atom is -0.461 e. The van der Waals surface area contributed by atoms with Crippen LogP contribution >= 0.6 is 0 Å². The summed E-state index contributed by atoms with van der Waals surface area (Å²) in [6.45, 7) is 8.89. The highest BCUT2D eigenvalue weighted by molar-refractivity contribution is 6.08. The van der Waals surface area contributed by atoms with E-state index in [0.717, 1.165) is 22.0 Å². The smallest absolute Gasteiger partial charge is 0.355 e. The highest BCUT2D eigenvalue weighted by atomic mass is 16.5. The number of nitrogens with zero attached hydrogens (tertiary/aromatic N) is 1. The molecule has 0 amide bonds. The van der Waals surface area contributed by atoms with E-state index in [1.807, 2.05) is 18.5 Å². The van der Waals surface area contributed by atoms with E-state index >= 15 is 0 Å². The maximum absolute atomic E-state index is 13.0. The Hall–Kier alpha value is -2.55. The van der Waals surface area contributed by atoms with Gasteiger partial charge in [-0.3, -0.25) is 0 Å². The second kappa shape index (κ2) is 7.94. The maximum Gasteiger partial charge on any atom is 0.355 e. The van der Waals surface area contributed by atoms with Crippen LogP contribution in [0.2, 0.25) is 0 Å². The summed E-state index contributed by atoms with van der Waals surface area (Å²) in [6, 6.07) is 15.4. The topological polar surface area (TPSA) is 31.2 Å². The summed E-state index contributed by atoms with van der Waals surface area (Å²) in [4.78, 5) is 13.0. The van der Waals surface area contributed by atoms with Gasteiger partial charge in [0.1, 0.15) is 5.69 Å². The summed E-state index contributed by atoms with van der Waals surface area (Å²) in [7, 11) is 1.97. The number of esters is 1. The van der Waals surface area contributed by atoms with Gasteiger partial charge < -0.3 is 9.30 Å². The molecule has 3 heteroatoms. The van der Waals surface area contributed by atoms with Gasteiger partial charge in [0.25, 0.3) is 0 Å². The van der Waals surface area contributed by atoms with Crippen molar-refractivity contribution in [2.24, 2.45) is 7.05 Å². The van der Waals surface area contributed by atoms with Gasteiger partial charge >= 0.3 is 5.97 Å². The zero-order valence-electron chi connectivity index (χ0n) is 18.9. The van der Waals surface area contributed by atoms with Crippen LogP contribution in [0.4, 0.5) is 0 Å². The summed E-state index contributed by atoms with van der Waals surface area (Å²) in [6.07, 6.45) is 5.15. The minimum atomic E-state index is -0.256. The number of carbonyl (C=O) groups excluding carboxylic acids is 1. The first-order valence-electron chi connectivity index (χ1n) is 11.2. The van der Waals surface area contributed by atoms with Gasteiger partial charge in [-0.25, -0.2) is 4.79 Å². The fourth-order valence-corrected chi connectivity index (χ4v) is 4.84. The third kappa shape index (κ3) is 3.66. The molecule has 30 heavy (non-hydrogen) atoms. The number of benzene rings is 2. The number of ether oxygens (including phenoxy) is 1. The largest absolute Gasteiger partial charge is 0.461 e. The summed E-state index contributed by atoms with van der Waals surface area (Å²) < 4.78 is 7.45. The van der Waals surface area contributed by atoms with Crippen LogP contribution in [-0.4, -0.2) is 17.1 Å². The lowest BCUT2D eigenvalue weighted by molar-refractivity contribution is 0.0517. The van der Waals surface area contributed by atoms with Crippen LogP contribution in [0.1, 0.15) is 80.9 Å². The molecule has 158 valence electrons. The van der Waals surface area contributed by atoms with E-state index < -0.39 is 0 Å². The zero-order valence-corrected chi connectivity index (χ0v) is 18.9. The molecule has 1 aliphatic rings. The van der Waals surface area contributed by atoms with E-state index in [0.29, 0.717) is 18.2 Å². The van der Waals surface area contributed by atoms with Crippen molar-refractivity contribution in [1.82, 2.24) is 4.57 Å². The van der Waals surface area contributed by atoms with Gasteiger partial charge in [0.2, 0.25) is 0 Å².